The number of nitrogens with one attached hydrogen (secondary N) is 1. The van der Waals surface area contributed by atoms with Crippen molar-refractivity contribution in [1.82, 2.24) is 15.5 Å². The van der Waals surface area contributed by atoms with Gasteiger partial charge in [-0.1, -0.05) is 5.16 Å². The summed E-state index contributed by atoms with van der Waals surface area (Å²) in [6, 6.07) is -0.303. The maximum absolute atomic E-state index is 11.4. The van der Waals surface area contributed by atoms with Crippen molar-refractivity contribution in [1.29, 1.82) is 0 Å². The first-order valence-corrected chi connectivity index (χ1v) is 6.44. The molecule has 7 heteroatoms. The van der Waals surface area contributed by atoms with Crippen molar-refractivity contribution < 1.29 is 9.32 Å². The molecule has 1 aromatic heterocycles. The zero-order valence-electron chi connectivity index (χ0n) is 9.40. The van der Waals surface area contributed by atoms with Crippen LogP contribution in [-0.4, -0.2) is 34.6 Å². The third-order valence-electron chi connectivity index (χ3n) is 1.93. The molecule has 16 heavy (non-hydrogen) atoms. The lowest BCUT2D eigenvalue weighted by Crippen LogP contribution is -2.24. The molecule has 3 N–H and O–H groups in total. The van der Waals surface area contributed by atoms with E-state index in [1.165, 1.54) is 0 Å². The number of amides is 1. The second-order valence-corrected chi connectivity index (χ2v) is 4.19. The average Bonchev–Trinajstić information content (AvgIpc) is 2.75. The Morgan fingerprint density at radius 2 is 2.44 bits per heavy atom. The number of hydrogen-bond donors (Lipinski definition) is 2. The van der Waals surface area contributed by atoms with Crippen molar-refractivity contribution in [3.63, 3.8) is 0 Å². The predicted molar refractivity (Wildman–Crippen MR) is 62.2 cm³/mol. The van der Waals surface area contributed by atoms with Crippen LogP contribution in [0.4, 0.5) is 0 Å². The Morgan fingerprint density at radius 3 is 3.06 bits per heavy atom. The Bertz CT molecular complexity index is 342. The van der Waals surface area contributed by atoms with Gasteiger partial charge >= 0.3 is 0 Å². The molecule has 1 atom stereocenters. The molecule has 1 unspecified atom stereocenters. The molecule has 6 nitrogen and oxygen atoms in total. The van der Waals surface area contributed by atoms with Crippen LogP contribution in [0.15, 0.2) is 4.52 Å². The summed E-state index contributed by atoms with van der Waals surface area (Å²) in [6.07, 6.45) is 2.75. The minimum atomic E-state index is -0.338. The van der Waals surface area contributed by atoms with Crippen LogP contribution in [0.3, 0.4) is 0 Å². The predicted octanol–water partition coefficient (Wildman–Crippen LogP) is 0.572. The van der Waals surface area contributed by atoms with E-state index in [-0.39, 0.29) is 17.8 Å². The number of thioether (sulfide) groups is 1. The van der Waals surface area contributed by atoms with Gasteiger partial charge in [-0.05, 0) is 25.4 Å². The smallest absolute Gasteiger partial charge is 0.292 e. The van der Waals surface area contributed by atoms with Crippen LogP contribution in [-0.2, 0) is 0 Å². The summed E-state index contributed by atoms with van der Waals surface area (Å²) in [5.41, 5.74) is 5.83. The van der Waals surface area contributed by atoms with E-state index >= 15 is 0 Å². The van der Waals surface area contributed by atoms with Gasteiger partial charge in [0.1, 0.15) is 0 Å². The second kappa shape index (κ2) is 6.49. The SMILES string of the molecule is CCNC(=O)c1noc(C(N)CCSC)n1. The molecule has 90 valence electrons. The normalized spacial score (nSPS) is 12.4. The number of rotatable bonds is 6. The number of carbonyl (C=O) groups excluding carboxylic acids is 1. The lowest BCUT2D eigenvalue weighted by Gasteiger charge is -2.03. The van der Waals surface area contributed by atoms with Gasteiger partial charge < -0.3 is 15.6 Å². The Hall–Kier alpha value is -1.08. The van der Waals surface area contributed by atoms with Crippen molar-refractivity contribution in [3.05, 3.63) is 11.7 Å². The van der Waals surface area contributed by atoms with Gasteiger partial charge in [0, 0.05) is 6.54 Å². The molecular weight excluding hydrogens is 228 g/mol. The van der Waals surface area contributed by atoms with Crippen LogP contribution in [0.5, 0.6) is 0 Å². The summed E-state index contributed by atoms with van der Waals surface area (Å²) in [5.74, 6) is 0.932. The first-order valence-electron chi connectivity index (χ1n) is 5.05. The summed E-state index contributed by atoms with van der Waals surface area (Å²) in [6.45, 7) is 2.35. The van der Waals surface area contributed by atoms with Crippen molar-refractivity contribution in [2.75, 3.05) is 18.6 Å². The highest BCUT2D eigenvalue weighted by Crippen LogP contribution is 2.13. The lowest BCUT2D eigenvalue weighted by molar-refractivity contribution is 0.0942. The van der Waals surface area contributed by atoms with Crippen LogP contribution in [0.1, 0.15) is 35.9 Å². The van der Waals surface area contributed by atoms with Gasteiger partial charge in [0.05, 0.1) is 6.04 Å². The zero-order valence-corrected chi connectivity index (χ0v) is 10.2. The van der Waals surface area contributed by atoms with Gasteiger partial charge in [-0.3, -0.25) is 4.79 Å². The third kappa shape index (κ3) is 3.49. The van der Waals surface area contributed by atoms with Crippen LogP contribution >= 0.6 is 11.8 Å². The summed E-state index contributed by atoms with van der Waals surface area (Å²) < 4.78 is 4.93. The molecular formula is C9H16N4O2S. The molecule has 0 fully saturated rings. The molecule has 1 aromatic rings. The molecule has 0 aromatic carbocycles. The van der Waals surface area contributed by atoms with Gasteiger partial charge in [-0.2, -0.15) is 16.7 Å². The second-order valence-electron chi connectivity index (χ2n) is 3.20. The minimum Gasteiger partial charge on any atom is -0.349 e. The third-order valence-corrected chi connectivity index (χ3v) is 2.58. The minimum absolute atomic E-state index is 0.0384. The molecule has 1 heterocycles. The highest BCUT2D eigenvalue weighted by molar-refractivity contribution is 7.98. The molecule has 0 aliphatic carbocycles. The van der Waals surface area contributed by atoms with E-state index in [1.54, 1.807) is 11.8 Å². The van der Waals surface area contributed by atoms with Crippen molar-refractivity contribution >= 4 is 17.7 Å². The number of nitrogens with two attached hydrogens (primary N) is 1. The molecule has 0 radical (unpaired) electrons. The van der Waals surface area contributed by atoms with E-state index in [0.717, 1.165) is 12.2 Å². The number of carbonyl (C=O) groups is 1. The van der Waals surface area contributed by atoms with Gasteiger partial charge in [0.25, 0.3) is 11.7 Å². The summed E-state index contributed by atoms with van der Waals surface area (Å²) in [5, 5.41) is 6.17. The maximum Gasteiger partial charge on any atom is 0.292 e. The summed E-state index contributed by atoms with van der Waals surface area (Å²) in [7, 11) is 0. The monoisotopic (exact) mass is 244 g/mol. The largest absolute Gasteiger partial charge is 0.349 e. The fourth-order valence-electron chi connectivity index (χ4n) is 1.09. The lowest BCUT2D eigenvalue weighted by atomic mass is 10.2. The molecule has 0 bridgehead atoms. The van der Waals surface area contributed by atoms with E-state index in [2.05, 4.69) is 15.5 Å². The Labute approximate surface area is 98.3 Å². The molecule has 1 amide bonds. The zero-order chi connectivity index (χ0) is 12.0. The quantitative estimate of drug-likeness (QED) is 0.760. The molecule has 0 aliphatic rings. The Kier molecular flexibility index (Phi) is 5.27. The van der Waals surface area contributed by atoms with Gasteiger partial charge in [-0.15, -0.1) is 0 Å². The van der Waals surface area contributed by atoms with E-state index in [1.807, 2.05) is 13.2 Å². The first kappa shape index (κ1) is 13.0. The average molecular weight is 244 g/mol. The fraction of sp³-hybridized carbons (Fsp3) is 0.667. The Balaban J connectivity index is 2.59. The molecule has 1 rings (SSSR count). The molecule has 0 saturated carbocycles. The number of aromatic nitrogens is 2. The molecule has 0 spiro atoms. The topological polar surface area (TPSA) is 94.0 Å². The maximum atomic E-state index is 11.4. The van der Waals surface area contributed by atoms with Gasteiger partial charge in [0.2, 0.25) is 5.89 Å². The van der Waals surface area contributed by atoms with Gasteiger partial charge in [0.15, 0.2) is 0 Å². The van der Waals surface area contributed by atoms with Crippen molar-refractivity contribution in [3.8, 4) is 0 Å². The van der Waals surface area contributed by atoms with E-state index in [4.69, 9.17) is 10.3 Å². The van der Waals surface area contributed by atoms with E-state index in [0.29, 0.717) is 12.4 Å². The van der Waals surface area contributed by atoms with Crippen LogP contribution in [0.25, 0.3) is 0 Å². The summed E-state index contributed by atoms with van der Waals surface area (Å²) in [4.78, 5) is 15.3. The van der Waals surface area contributed by atoms with Crippen LogP contribution < -0.4 is 11.1 Å². The fourth-order valence-corrected chi connectivity index (χ4v) is 1.58. The van der Waals surface area contributed by atoms with Crippen molar-refractivity contribution in [2.45, 2.75) is 19.4 Å². The van der Waals surface area contributed by atoms with Crippen LogP contribution in [0, 0.1) is 0 Å². The van der Waals surface area contributed by atoms with Gasteiger partial charge in [-0.25, -0.2) is 0 Å². The van der Waals surface area contributed by atoms with E-state index < -0.39 is 0 Å². The van der Waals surface area contributed by atoms with Crippen molar-refractivity contribution in [2.24, 2.45) is 5.73 Å². The first-order chi connectivity index (χ1) is 7.69. The molecule has 0 aliphatic heterocycles. The van der Waals surface area contributed by atoms with E-state index in [9.17, 15) is 4.79 Å². The highest BCUT2D eigenvalue weighted by atomic mass is 32.2. The number of nitrogens with zero attached hydrogens (tertiary/aromatic N) is 2. The van der Waals surface area contributed by atoms with Crippen LogP contribution in [0.2, 0.25) is 0 Å². The molecule has 0 saturated heterocycles. The Morgan fingerprint density at radius 1 is 1.69 bits per heavy atom. The summed E-state index contributed by atoms with van der Waals surface area (Å²) >= 11 is 1.70. The standard InChI is InChI=1S/C9H16N4O2S/c1-3-11-8(14)7-12-9(15-13-7)6(10)4-5-16-2/h6H,3-5,10H2,1-2H3,(H,11,14). The highest BCUT2D eigenvalue weighted by Gasteiger charge is 2.18. The number of hydrogen-bond acceptors (Lipinski definition) is 6.